The molecule has 1 saturated heterocycles. The van der Waals surface area contributed by atoms with Crippen molar-refractivity contribution < 1.29 is 32.6 Å². The maximum absolute atomic E-state index is 13.5. The van der Waals surface area contributed by atoms with E-state index in [1.165, 1.54) is 23.9 Å². The number of sulfonamides is 1. The fourth-order valence-electron chi connectivity index (χ4n) is 5.07. The van der Waals surface area contributed by atoms with Crippen LogP contribution in [0.15, 0.2) is 35.7 Å². The molecule has 0 spiro atoms. The van der Waals surface area contributed by atoms with Crippen LogP contribution in [0.4, 0.5) is 5.69 Å². The predicted molar refractivity (Wildman–Crippen MR) is 156 cm³/mol. The summed E-state index contributed by atoms with van der Waals surface area (Å²) in [5.41, 5.74) is 1.10. The summed E-state index contributed by atoms with van der Waals surface area (Å²) in [6, 6.07) is 4.71. The van der Waals surface area contributed by atoms with Gasteiger partial charge in [-0.1, -0.05) is 6.92 Å². The molecule has 1 aromatic carbocycles. The number of aliphatic hydroxyl groups is 1. The van der Waals surface area contributed by atoms with Gasteiger partial charge in [0.2, 0.25) is 11.8 Å². The van der Waals surface area contributed by atoms with Crippen LogP contribution in [0, 0.1) is 5.92 Å². The summed E-state index contributed by atoms with van der Waals surface area (Å²) in [4.78, 5) is 34.0. The number of aliphatic hydroxyl groups excluding tert-OH is 1. The van der Waals surface area contributed by atoms with Crippen molar-refractivity contribution in [3.05, 3.63) is 36.3 Å². The minimum absolute atomic E-state index is 0.00131. The van der Waals surface area contributed by atoms with Gasteiger partial charge in [0.05, 0.1) is 45.2 Å². The Morgan fingerprint density at radius 2 is 2.02 bits per heavy atom. The largest absolute Gasteiger partial charge is 0.488 e. The summed E-state index contributed by atoms with van der Waals surface area (Å²) in [6.45, 7) is 7.27. The van der Waals surface area contributed by atoms with Crippen LogP contribution in [-0.2, 0) is 37.8 Å². The molecule has 2 amide bonds. The lowest BCUT2D eigenvalue weighted by molar-refractivity contribution is -0.134. The van der Waals surface area contributed by atoms with Crippen LogP contribution in [-0.4, -0.2) is 121 Å². The first-order valence-electron chi connectivity index (χ1n) is 14.2. The van der Waals surface area contributed by atoms with E-state index in [4.69, 9.17) is 9.47 Å². The molecule has 232 valence electrons. The first-order valence-corrected chi connectivity index (χ1v) is 15.7. The molecule has 2 aliphatic heterocycles. The van der Waals surface area contributed by atoms with Gasteiger partial charge in [-0.3, -0.25) is 14.5 Å². The number of imidazole rings is 1. The number of nitrogens with one attached hydrogen (secondary N) is 1. The van der Waals surface area contributed by atoms with Crippen molar-refractivity contribution in [1.29, 1.82) is 0 Å². The topological polar surface area (TPSA) is 147 Å². The number of anilines is 1. The number of hydrogen-bond donors (Lipinski definition) is 2. The lowest BCUT2D eigenvalue weighted by atomic mass is 10.0. The van der Waals surface area contributed by atoms with E-state index in [9.17, 15) is 23.1 Å². The summed E-state index contributed by atoms with van der Waals surface area (Å²) in [5.74, 6) is -0.178. The van der Waals surface area contributed by atoms with E-state index >= 15 is 0 Å². The second-order valence-electron chi connectivity index (χ2n) is 11.1. The Morgan fingerprint density at radius 3 is 2.69 bits per heavy atom. The normalized spacial score (nSPS) is 21.2. The molecule has 2 aromatic rings. The third kappa shape index (κ3) is 7.86. The molecule has 42 heavy (non-hydrogen) atoms. The number of hydrogen-bond acceptors (Lipinski definition) is 9. The van der Waals surface area contributed by atoms with Gasteiger partial charge in [0.1, 0.15) is 11.9 Å². The van der Waals surface area contributed by atoms with Crippen LogP contribution in [0.2, 0.25) is 0 Å². The zero-order valence-electron chi connectivity index (χ0n) is 24.7. The highest BCUT2D eigenvalue weighted by Crippen LogP contribution is 2.30. The lowest BCUT2D eigenvalue weighted by Crippen LogP contribution is -2.48. The molecule has 2 N–H and O–H groups in total. The molecule has 1 aromatic heterocycles. The highest BCUT2D eigenvalue weighted by atomic mass is 32.2. The SMILES string of the molecule is C[C@H](CO)N1C[C@H](C)[C@H](CN(C)S(=O)(=O)c2cn(C)cn2)Oc2ccc(NC(=O)CCN3CCOCC3)cc2CC1=O. The van der Waals surface area contributed by atoms with Crippen LogP contribution in [0.3, 0.4) is 0 Å². The molecular formula is C28H42N6O7S. The molecule has 13 nitrogen and oxygen atoms in total. The lowest BCUT2D eigenvalue weighted by Gasteiger charge is -2.33. The van der Waals surface area contributed by atoms with Crippen LogP contribution >= 0.6 is 0 Å². The zero-order chi connectivity index (χ0) is 30.4. The van der Waals surface area contributed by atoms with Crippen LogP contribution in [0.1, 0.15) is 25.8 Å². The Balaban J connectivity index is 1.55. The average Bonchev–Trinajstić information content (AvgIpc) is 3.43. The highest BCUT2D eigenvalue weighted by Gasteiger charge is 2.34. The maximum atomic E-state index is 13.5. The minimum Gasteiger partial charge on any atom is -0.488 e. The van der Waals surface area contributed by atoms with Crippen molar-refractivity contribution >= 4 is 27.5 Å². The number of fused-ring (bicyclic) bond motifs is 1. The number of rotatable bonds is 10. The van der Waals surface area contributed by atoms with E-state index in [-0.39, 0.29) is 48.9 Å². The molecule has 0 aliphatic carbocycles. The van der Waals surface area contributed by atoms with E-state index in [0.29, 0.717) is 43.2 Å². The van der Waals surface area contributed by atoms with Gasteiger partial charge in [-0.25, -0.2) is 13.4 Å². The molecular weight excluding hydrogens is 564 g/mol. The van der Waals surface area contributed by atoms with E-state index in [2.05, 4.69) is 15.2 Å². The number of carbonyl (C=O) groups excluding carboxylic acids is 2. The molecule has 1 fully saturated rings. The van der Waals surface area contributed by atoms with E-state index in [1.54, 1.807) is 41.6 Å². The molecule has 0 radical (unpaired) electrons. The number of amides is 2. The molecule has 0 unspecified atom stereocenters. The third-order valence-electron chi connectivity index (χ3n) is 7.75. The Kier molecular flexibility index (Phi) is 10.6. The smallest absolute Gasteiger partial charge is 0.261 e. The summed E-state index contributed by atoms with van der Waals surface area (Å²) in [6.07, 6.45) is 2.56. The monoisotopic (exact) mass is 606 g/mol. The van der Waals surface area contributed by atoms with E-state index in [1.807, 2.05) is 6.92 Å². The number of likely N-dealkylation sites (N-methyl/N-ethyl adjacent to an activating group) is 1. The molecule has 0 bridgehead atoms. The van der Waals surface area contributed by atoms with Gasteiger partial charge < -0.3 is 29.4 Å². The van der Waals surface area contributed by atoms with Crippen LogP contribution < -0.4 is 10.1 Å². The number of aromatic nitrogens is 2. The molecule has 3 heterocycles. The summed E-state index contributed by atoms with van der Waals surface area (Å²) < 4.78 is 41.0. The number of nitrogens with zero attached hydrogens (tertiary/aromatic N) is 5. The second-order valence-corrected chi connectivity index (χ2v) is 13.1. The van der Waals surface area contributed by atoms with Crippen molar-refractivity contribution in [3.63, 3.8) is 0 Å². The van der Waals surface area contributed by atoms with Gasteiger partial charge in [-0.2, -0.15) is 4.31 Å². The molecule has 14 heteroatoms. The minimum atomic E-state index is -3.88. The van der Waals surface area contributed by atoms with E-state index < -0.39 is 22.2 Å². The molecule has 2 aliphatic rings. The Hall–Kier alpha value is -3.04. The number of ether oxygens (including phenoxy) is 2. The summed E-state index contributed by atoms with van der Waals surface area (Å²) in [7, 11) is -0.714. The fraction of sp³-hybridized carbons (Fsp3) is 0.607. The standard InChI is InChI=1S/C28H42N6O7S/c1-20-15-34(21(2)18-35)28(37)14-22-13-23(30-26(36)7-8-33-9-11-40-12-10-33)5-6-24(22)41-25(20)16-32(4)42(38,39)27-17-31(3)19-29-27/h5-6,13,17,19-21,25,35H,7-12,14-16,18H2,1-4H3,(H,30,36)/t20-,21+,25-/m0/s1. The van der Waals surface area contributed by atoms with Crippen molar-refractivity contribution in [1.82, 2.24) is 23.7 Å². The second kappa shape index (κ2) is 14.0. The quantitative estimate of drug-likeness (QED) is 0.396. The Labute approximate surface area is 247 Å². The van der Waals surface area contributed by atoms with Crippen molar-refractivity contribution in [3.8, 4) is 5.75 Å². The first kappa shape index (κ1) is 31.9. The zero-order valence-corrected chi connectivity index (χ0v) is 25.5. The van der Waals surface area contributed by atoms with Crippen LogP contribution in [0.25, 0.3) is 0 Å². The first-order chi connectivity index (χ1) is 20.0. The third-order valence-corrected chi connectivity index (χ3v) is 9.46. The van der Waals surface area contributed by atoms with Crippen molar-refractivity contribution in [2.24, 2.45) is 13.0 Å². The van der Waals surface area contributed by atoms with Gasteiger partial charge >= 0.3 is 0 Å². The van der Waals surface area contributed by atoms with Gasteiger partial charge in [0, 0.05) is 70.1 Å². The molecule has 4 rings (SSSR count). The maximum Gasteiger partial charge on any atom is 0.261 e. The van der Waals surface area contributed by atoms with E-state index in [0.717, 1.165) is 13.1 Å². The highest BCUT2D eigenvalue weighted by molar-refractivity contribution is 7.89. The van der Waals surface area contributed by atoms with Crippen LogP contribution in [0.5, 0.6) is 5.75 Å². The van der Waals surface area contributed by atoms with Crippen molar-refractivity contribution in [2.45, 2.75) is 43.9 Å². The number of aryl methyl sites for hydroxylation is 1. The molecule has 3 atom stereocenters. The van der Waals surface area contributed by atoms with Gasteiger partial charge in [0.25, 0.3) is 10.0 Å². The number of benzene rings is 1. The van der Waals surface area contributed by atoms with Gasteiger partial charge in [-0.05, 0) is 25.1 Å². The summed E-state index contributed by atoms with van der Waals surface area (Å²) >= 11 is 0. The summed E-state index contributed by atoms with van der Waals surface area (Å²) in [5, 5.41) is 12.7. The number of morpholine rings is 1. The van der Waals surface area contributed by atoms with Gasteiger partial charge in [0.15, 0.2) is 5.03 Å². The predicted octanol–water partition coefficient (Wildman–Crippen LogP) is 0.551. The Morgan fingerprint density at radius 1 is 1.29 bits per heavy atom. The van der Waals surface area contributed by atoms with Gasteiger partial charge in [-0.15, -0.1) is 0 Å². The van der Waals surface area contributed by atoms with Crippen molar-refractivity contribution in [2.75, 3.05) is 64.9 Å². The number of carbonyl (C=O) groups is 2. The Bertz CT molecular complexity index is 1340. The molecule has 0 saturated carbocycles. The fourth-order valence-corrected chi connectivity index (χ4v) is 6.21. The average molecular weight is 607 g/mol.